The molecule has 1 heterocycles. The van der Waals surface area contributed by atoms with Gasteiger partial charge in [-0.05, 0) is 48.4 Å². The van der Waals surface area contributed by atoms with Crippen molar-refractivity contribution in [3.05, 3.63) is 59.9 Å². The highest BCUT2D eigenvalue weighted by Crippen LogP contribution is 2.38. The minimum Gasteiger partial charge on any atom is -0.494 e. The molecule has 2 aromatic rings. The number of esters is 1. The van der Waals surface area contributed by atoms with Crippen molar-refractivity contribution >= 4 is 17.7 Å². The molecule has 0 spiro atoms. The molecule has 2 aromatic carbocycles. The minimum absolute atomic E-state index is 0.422. The first kappa shape index (κ1) is 19.7. The summed E-state index contributed by atoms with van der Waals surface area (Å²) in [6.45, 7) is 2.70. The molecular weight excluding hydrogens is 365 g/mol. The summed E-state index contributed by atoms with van der Waals surface area (Å²) in [6, 6.07) is 11.8. The van der Waals surface area contributed by atoms with Crippen molar-refractivity contribution in [2.45, 2.75) is 31.9 Å². The molecule has 1 aliphatic heterocycles. The summed E-state index contributed by atoms with van der Waals surface area (Å²) < 4.78 is 29.0. The van der Waals surface area contributed by atoms with Crippen LogP contribution in [0.4, 0.5) is 14.9 Å². The quantitative estimate of drug-likeness (QED) is 0.525. The second-order valence-corrected chi connectivity index (χ2v) is 6.39. The zero-order valence-electron chi connectivity index (χ0n) is 15.8. The van der Waals surface area contributed by atoms with Gasteiger partial charge >= 0.3 is 12.1 Å². The average Bonchev–Trinajstić information content (AvgIpc) is 3.06. The van der Waals surface area contributed by atoms with Gasteiger partial charge in [0.1, 0.15) is 17.6 Å². The Morgan fingerprint density at radius 2 is 1.82 bits per heavy atom. The summed E-state index contributed by atoms with van der Waals surface area (Å²) in [5.41, 5.74) is 1.10. The number of unbranched alkanes of at least 4 members (excludes halogenated alkanes) is 1. The first-order valence-electron chi connectivity index (χ1n) is 9.11. The molecule has 0 radical (unpaired) electrons. The Balaban J connectivity index is 1.92. The minimum atomic E-state index is -1.13. The summed E-state index contributed by atoms with van der Waals surface area (Å²) in [5.74, 6) is -0.386. The molecule has 7 heteroatoms. The van der Waals surface area contributed by atoms with Gasteiger partial charge in [-0.25, -0.2) is 14.0 Å². The lowest BCUT2D eigenvalue weighted by Crippen LogP contribution is -2.33. The molecular formula is C21H22FNO5. The number of methoxy groups -OCH3 is 1. The largest absolute Gasteiger partial charge is 0.494 e. The zero-order chi connectivity index (χ0) is 20.1. The Bertz CT molecular complexity index is 822. The molecule has 0 N–H and O–H groups in total. The molecule has 0 saturated carbocycles. The third-order valence-corrected chi connectivity index (χ3v) is 4.52. The highest BCUT2D eigenvalue weighted by atomic mass is 19.1. The van der Waals surface area contributed by atoms with Gasteiger partial charge in [0, 0.05) is 5.69 Å². The van der Waals surface area contributed by atoms with Crippen molar-refractivity contribution < 1.29 is 28.2 Å². The van der Waals surface area contributed by atoms with Crippen LogP contribution in [0.15, 0.2) is 48.5 Å². The maximum Gasteiger partial charge on any atom is 0.415 e. The van der Waals surface area contributed by atoms with E-state index in [1.807, 2.05) is 0 Å². The molecule has 6 nitrogen and oxygen atoms in total. The SMILES string of the molecule is CCCCOc1ccc(C2C(C(=O)OC)OC(=O)N2c2ccc(F)cc2)cc1. The second kappa shape index (κ2) is 8.73. The highest BCUT2D eigenvalue weighted by Gasteiger charge is 2.48. The fraction of sp³-hybridized carbons (Fsp3) is 0.333. The fourth-order valence-electron chi connectivity index (χ4n) is 3.06. The van der Waals surface area contributed by atoms with Crippen LogP contribution in [-0.2, 0) is 14.3 Å². The van der Waals surface area contributed by atoms with E-state index in [-0.39, 0.29) is 0 Å². The van der Waals surface area contributed by atoms with E-state index >= 15 is 0 Å². The molecule has 28 heavy (non-hydrogen) atoms. The van der Waals surface area contributed by atoms with Crippen molar-refractivity contribution in [2.75, 3.05) is 18.6 Å². The van der Waals surface area contributed by atoms with Crippen molar-refractivity contribution in [3.8, 4) is 5.75 Å². The van der Waals surface area contributed by atoms with E-state index in [0.29, 0.717) is 23.6 Å². The van der Waals surface area contributed by atoms with Crippen molar-refractivity contribution in [2.24, 2.45) is 0 Å². The van der Waals surface area contributed by atoms with E-state index in [0.717, 1.165) is 12.8 Å². The van der Waals surface area contributed by atoms with Gasteiger partial charge < -0.3 is 14.2 Å². The number of carbonyl (C=O) groups is 2. The molecule has 1 amide bonds. The van der Waals surface area contributed by atoms with Gasteiger partial charge in [-0.3, -0.25) is 4.90 Å². The Labute approximate surface area is 162 Å². The molecule has 0 bridgehead atoms. The number of hydrogen-bond acceptors (Lipinski definition) is 5. The zero-order valence-corrected chi connectivity index (χ0v) is 15.8. The molecule has 3 rings (SSSR count). The third-order valence-electron chi connectivity index (χ3n) is 4.52. The predicted molar refractivity (Wildman–Crippen MR) is 101 cm³/mol. The smallest absolute Gasteiger partial charge is 0.415 e. The Morgan fingerprint density at radius 3 is 2.43 bits per heavy atom. The maximum absolute atomic E-state index is 13.3. The molecule has 0 aromatic heterocycles. The first-order chi connectivity index (χ1) is 13.5. The molecule has 148 valence electrons. The molecule has 1 aliphatic rings. The van der Waals surface area contributed by atoms with E-state index < -0.39 is 30.0 Å². The monoisotopic (exact) mass is 387 g/mol. The van der Waals surface area contributed by atoms with Crippen LogP contribution in [0.3, 0.4) is 0 Å². The second-order valence-electron chi connectivity index (χ2n) is 6.39. The third kappa shape index (κ3) is 4.08. The van der Waals surface area contributed by atoms with Crippen LogP contribution in [0.25, 0.3) is 0 Å². The van der Waals surface area contributed by atoms with Gasteiger partial charge in [0.15, 0.2) is 0 Å². The van der Waals surface area contributed by atoms with E-state index in [1.165, 1.54) is 36.3 Å². The summed E-state index contributed by atoms with van der Waals surface area (Å²) >= 11 is 0. The van der Waals surface area contributed by atoms with Crippen LogP contribution in [0.2, 0.25) is 0 Å². The fourth-order valence-corrected chi connectivity index (χ4v) is 3.06. The molecule has 2 atom stereocenters. The predicted octanol–water partition coefficient (Wildman–Crippen LogP) is 4.24. The van der Waals surface area contributed by atoms with Crippen LogP contribution >= 0.6 is 0 Å². The number of amides is 1. The summed E-state index contributed by atoms with van der Waals surface area (Å²) in [6.07, 6.45) is 0.160. The highest BCUT2D eigenvalue weighted by molar-refractivity contribution is 5.95. The number of anilines is 1. The summed E-state index contributed by atoms with van der Waals surface area (Å²) in [4.78, 5) is 26.0. The Hall–Kier alpha value is -3.09. The van der Waals surface area contributed by atoms with E-state index in [1.54, 1.807) is 24.3 Å². The number of nitrogens with zero attached hydrogens (tertiary/aromatic N) is 1. The number of benzene rings is 2. The van der Waals surface area contributed by atoms with Gasteiger partial charge in [-0.1, -0.05) is 25.5 Å². The van der Waals surface area contributed by atoms with Crippen molar-refractivity contribution in [3.63, 3.8) is 0 Å². The standard InChI is InChI=1S/C21H22FNO5/c1-3-4-13-27-17-11-5-14(6-12-17)18-19(20(24)26-2)28-21(25)23(18)16-9-7-15(22)8-10-16/h5-12,18-19H,3-4,13H2,1-2H3. The Morgan fingerprint density at radius 1 is 1.14 bits per heavy atom. The van der Waals surface area contributed by atoms with Gasteiger partial charge in [-0.15, -0.1) is 0 Å². The number of hydrogen-bond donors (Lipinski definition) is 0. The maximum atomic E-state index is 13.3. The molecule has 1 saturated heterocycles. The lowest BCUT2D eigenvalue weighted by Gasteiger charge is -2.24. The first-order valence-corrected chi connectivity index (χ1v) is 9.11. The van der Waals surface area contributed by atoms with Crippen LogP contribution in [-0.4, -0.2) is 31.9 Å². The molecule has 0 aliphatic carbocycles. The summed E-state index contributed by atoms with van der Waals surface area (Å²) in [5, 5.41) is 0. The van der Waals surface area contributed by atoms with E-state index in [2.05, 4.69) is 6.92 Å². The normalized spacial score (nSPS) is 18.7. The van der Waals surface area contributed by atoms with Crippen LogP contribution in [0.1, 0.15) is 31.4 Å². The van der Waals surface area contributed by atoms with E-state index in [4.69, 9.17) is 14.2 Å². The van der Waals surface area contributed by atoms with Crippen molar-refractivity contribution in [1.29, 1.82) is 0 Å². The van der Waals surface area contributed by atoms with E-state index in [9.17, 15) is 14.0 Å². The number of cyclic esters (lactones) is 1. The van der Waals surface area contributed by atoms with Crippen molar-refractivity contribution in [1.82, 2.24) is 0 Å². The molecule has 2 unspecified atom stereocenters. The lowest BCUT2D eigenvalue weighted by atomic mass is 10.00. The number of carbonyl (C=O) groups excluding carboxylic acids is 2. The number of rotatable bonds is 7. The lowest BCUT2D eigenvalue weighted by molar-refractivity contribution is -0.149. The van der Waals surface area contributed by atoms with Gasteiger partial charge in [0.05, 0.1) is 13.7 Å². The van der Waals surface area contributed by atoms with Gasteiger partial charge in [0.2, 0.25) is 6.10 Å². The average molecular weight is 387 g/mol. The molecule has 1 fully saturated rings. The number of ether oxygens (including phenoxy) is 3. The van der Waals surface area contributed by atoms with Gasteiger partial charge in [0.25, 0.3) is 0 Å². The Kier molecular flexibility index (Phi) is 6.13. The van der Waals surface area contributed by atoms with Crippen LogP contribution in [0, 0.1) is 5.82 Å². The number of halogens is 1. The van der Waals surface area contributed by atoms with Crippen LogP contribution < -0.4 is 9.64 Å². The van der Waals surface area contributed by atoms with Crippen LogP contribution in [0.5, 0.6) is 5.75 Å². The summed E-state index contributed by atoms with van der Waals surface area (Å²) in [7, 11) is 1.23. The van der Waals surface area contributed by atoms with Gasteiger partial charge in [-0.2, -0.15) is 0 Å². The topological polar surface area (TPSA) is 65.1 Å².